The van der Waals surface area contributed by atoms with E-state index in [4.69, 9.17) is 33.9 Å². The van der Waals surface area contributed by atoms with Gasteiger partial charge in [-0.05, 0) is 24.3 Å². The van der Waals surface area contributed by atoms with Crippen molar-refractivity contribution in [1.29, 1.82) is 0 Å². The molecule has 1 rings (SSSR count). The molecule has 80 valence electrons. The first-order chi connectivity index (χ1) is 6.56. The molecule has 15 heavy (non-hydrogen) atoms. The van der Waals surface area contributed by atoms with E-state index in [0.29, 0.717) is 5.02 Å². The molecule has 0 bridgehead atoms. The van der Waals surface area contributed by atoms with Gasteiger partial charge in [-0.15, -0.1) is 0 Å². The van der Waals surface area contributed by atoms with E-state index in [-0.39, 0.29) is 34.5 Å². The van der Waals surface area contributed by atoms with Crippen LogP contribution in [0.15, 0.2) is 29.2 Å². The summed E-state index contributed by atoms with van der Waals surface area (Å²) in [6.45, 7) is 0. The molecule has 0 saturated heterocycles. The van der Waals surface area contributed by atoms with Crippen molar-refractivity contribution in [3.8, 4) is 0 Å². The summed E-state index contributed by atoms with van der Waals surface area (Å²) in [4.78, 5) is 0.0295. The predicted molar refractivity (Wildman–Crippen MR) is 53.1 cm³/mol. The molecular formula is C6H6Cl2NNaO4S. The van der Waals surface area contributed by atoms with Crippen molar-refractivity contribution < 1.29 is 48.5 Å². The Labute approximate surface area is 119 Å². The first-order valence-electron chi connectivity index (χ1n) is 3.10. The van der Waals surface area contributed by atoms with E-state index in [2.05, 4.69) is 4.24 Å². The number of nitrogens with zero attached hydrogens (tertiary/aromatic N) is 1. The van der Waals surface area contributed by atoms with Crippen LogP contribution in [0.5, 0.6) is 0 Å². The van der Waals surface area contributed by atoms with Crippen molar-refractivity contribution >= 4 is 33.4 Å². The Bertz CT molecular complexity index is 369. The molecule has 1 aromatic carbocycles. The van der Waals surface area contributed by atoms with Crippen LogP contribution in [0, 0.1) is 0 Å². The number of rotatable bonds is 2. The van der Waals surface area contributed by atoms with Crippen molar-refractivity contribution in [2.24, 2.45) is 0 Å². The van der Waals surface area contributed by atoms with E-state index in [0.717, 1.165) is 0 Å². The minimum Gasteiger partial charge on any atom is -0.458 e. The van der Waals surface area contributed by atoms with Crippen LogP contribution >= 0.6 is 23.4 Å². The topological polar surface area (TPSA) is 88.7 Å². The molecule has 0 atom stereocenters. The normalized spacial score (nSPS) is 9.60. The van der Waals surface area contributed by atoms with Gasteiger partial charge in [-0.25, -0.2) is 8.42 Å². The van der Waals surface area contributed by atoms with Gasteiger partial charge in [0.1, 0.15) is 10.0 Å². The second kappa shape index (κ2) is 8.74. The predicted octanol–water partition coefficient (Wildman–Crippen LogP) is -0.422. The van der Waals surface area contributed by atoms with E-state index < -0.39 is 10.0 Å². The third-order valence-electron chi connectivity index (χ3n) is 1.20. The molecule has 2 N–H and O–H groups in total. The average molecular weight is 282 g/mol. The number of benzene rings is 1. The molecule has 0 aliphatic heterocycles. The Hall–Kier alpha value is 0.630. The quantitative estimate of drug-likeness (QED) is 0.438. The van der Waals surface area contributed by atoms with Gasteiger partial charge in [-0.3, -0.25) is 22.3 Å². The van der Waals surface area contributed by atoms with E-state index >= 15 is 0 Å². The second-order valence-electron chi connectivity index (χ2n) is 2.00. The minimum absolute atomic E-state index is 0. The summed E-state index contributed by atoms with van der Waals surface area (Å²) in [6, 6.07) is 5.58. The monoisotopic (exact) mass is 281 g/mol. The summed E-state index contributed by atoms with van der Waals surface area (Å²) in [5.74, 6) is 0. The van der Waals surface area contributed by atoms with Gasteiger partial charge < -0.3 is 4.24 Å². The second-order valence-corrected chi connectivity index (χ2v) is 4.41. The van der Waals surface area contributed by atoms with Crippen molar-refractivity contribution in [3.63, 3.8) is 0 Å². The Morgan fingerprint density at radius 3 is 1.87 bits per heavy atom. The summed E-state index contributed by atoms with van der Waals surface area (Å²) < 4.78 is 24.7. The molecule has 0 aliphatic rings. The number of sulfonamides is 1. The van der Waals surface area contributed by atoms with Crippen LogP contribution in [0.1, 0.15) is 0 Å². The summed E-state index contributed by atoms with van der Waals surface area (Å²) in [5.41, 5.74) is 0. The summed E-state index contributed by atoms with van der Waals surface area (Å²) >= 11 is 10.4. The first kappa shape index (κ1) is 18.0. The van der Waals surface area contributed by atoms with Crippen LogP contribution in [0.3, 0.4) is 0 Å². The zero-order valence-electron chi connectivity index (χ0n) is 7.63. The van der Waals surface area contributed by atoms with E-state index in [1.165, 1.54) is 24.3 Å². The molecule has 0 fully saturated rings. The van der Waals surface area contributed by atoms with Crippen molar-refractivity contribution in [3.05, 3.63) is 33.5 Å². The van der Waals surface area contributed by atoms with Gasteiger partial charge in [-0.1, -0.05) is 11.6 Å². The molecule has 0 aromatic heterocycles. The van der Waals surface area contributed by atoms with E-state index in [1.807, 2.05) is 0 Å². The maximum atomic E-state index is 11.0. The summed E-state index contributed by atoms with van der Waals surface area (Å²) in [5, 5.41) is 12.5. The first-order valence-corrected chi connectivity index (χ1v) is 5.26. The average Bonchev–Trinajstić information content (AvgIpc) is 2.21. The molecule has 0 radical (unpaired) electrons. The van der Waals surface area contributed by atoms with E-state index in [1.54, 1.807) is 0 Å². The van der Waals surface area contributed by atoms with Crippen LogP contribution in [0.25, 0.3) is 4.24 Å². The zero-order valence-corrected chi connectivity index (χ0v) is 12.0. The van der Waals surface area contributed by atoms with Crippen LogP contribution in [-0.2, 0) is 10.0 Å². The number of halogens is 2. The van der Waals surface area contributed by atoms with Gasteiger partial charge in [0.05, 0.1) is 0 Å². The van der Waals surface area contributed by atoms with Crippen molar-refractivity contribution in [2.45, 2.75) is 4.90 Å². The maximum absolute atomic E-state index is 11.0. The molecule has 0 amide bonds. The van der Waals surface area contributed by atoms with Gasteiger partial charge in [-0.2, -0.15) is 0 Å². The van der Waals surface area contributed by atoms with Crippen LogP contribution in [0.4, 0.5) is 0 Å². The van der Waals surface area contributed by atoms with Gasteiger partial charge in [0.25, 0.3) is 0 Å². The standard InChI is InChI=1S/C6H4Cl2NO2S.Na.H2O2/c7-5-1-3-6(4-2-5)12(10,11)9-8;;1-2/h1-4H;;1-2H/q-1;+1;. The summed E-state index contributed by atoms with van der Waals surface area (Å²) in [7, 11) is -3.68. The fourth-order valence-corrected chi connectivity index (χ4v) is 1.57. The zero-order chi connectivity index (χ0) is 11.2. The molecule has 0 saturated carbocycles. The van der Waals surface area contributed by atoms with Crippen molar-refractivity contribution in [2.75, 3.05) is 0 Å². The van der Waals surface area contributed by atoms with Crippen LogP contribution < -0.4 is 29.6 Å². The third kappa shape index (κ3) is 6.06. The molecule has 0 spiro atoms. The SMILES string of the molecule is O=S(=O)([N-]Cl)c1ccc(Cl)cc1.OO.[Na+]. The Kier molecular flexibility index (Phi) is 10.5. The minimum atomic E-state index is -3.68. The smallest absolute Gasteiger partial charge is 0.458 e. The molecule has 0 unspecified atom stereocenters. The molecular weight excluding hydrogens is 276 g/mol. The number of hydrogen-bond acceptors (Lipinski definition) is 4. The van der Waals surface area contributed by atoms with Crippen LogP contribution in [-0.4, -0.2) is 18.9 Å². The Balaban J connectivity index is 0. The molecule has 9 heteroatoms. The molecule has 0 aliphatic carbocycles. The van der Waals surface area contributed by atoms with Gasteiger partial charge in [0.15, 0.2) is 0 Å². The van der Waals surface area contributed by atoms with Crippen LogP contribution in [0.2, 0.25) is 5.02 Å². The third-order valence-corrected chi connectivity index (χ3v) is 3.05. The van der Waals surface area contributed by atoms with Crippen molar-refractivity contribution in [1.82, 2.24) is 0 Å². The largest absolute Gasteiger partial charge is 1.00 e. The molecule has 5 nitrogen and oxygen atoms in total. The van der Waals surface area contributed by atoms with Gasteiger partial charge in [0, 0.05) is 9.92 Å². The van der Waals surface area contributed by atoms with E-state index in [9.17, 15) is 8.42 Å². The fraction of sp³-hybridized carbons (Fsp3) is 0. The number of hydrogen-bond donors (Lipinski definition) is 2. The Morgan fingerprint density at radius 2 is 1.53 bits per heavy atom. The fourth-order valence-electron chi connectivity index (χ4n) is 0.646. The molecule has 1 aromatic rings. The molecule has 0 heterocycles. The van der Waals surface area contributed by atoms with Gasteiger partial charge in [0.2, 0.25) is 0 Å². The summed E-state index contributed by atoms with van der Waals surface area (Å²) in [6.07, 6.45) is 0. The van der Waals surface area contributed by atoms with Gasteiger partial charge >= 0.3 is 29.6 Å². The Morgan fingerprint density at radius 1 is 1.13 bits per heavy atom. The maximum Gasteiger partial charge on any atom is 1.00 e.